The zero-order valence-electron chi connectivity index (χ0n) is 20.5. The number of hydrogen-bond acceptors (Lipinski definition) is 6. The molecule has 3 heterocycles. The number of nitrogens with zero attached hydrogens (tertiary/aromatic N) is 2. The molecule has 0 spiro atoms. The summed E-state index contributed by atoms with van der Waals surface area (Å²) in [6, 6.07) is 21.0. The van der Waals surface area contributed by atoms with Gasteiger partial charge in [0.1, 0.15) is 17.5 Å². The lowest BCUT2D eigenvalue weighted by atomic mass is 9.83. The van der Waals surface area contributed by atoms with E-state index in [1.807, 2.05) is 71.8 Å². The topological polar surface area (TPSA) is 76.1 Å². The van der Waals surface area contributed by atoms with E-state index in [1.54, 1.807) is 18.2 Å². The summed E-state index contributed by atoms with van der Waals surface area (Å²) >= 11 is 0. The van der Waals surface area contributed by atoms with E-state index in [1.165, 1.54) is 19.1 Å². The average Bonchev–Trinajstić information content (AvgIpc) is 3.41. The highest BCUT2D eigenvalue weighted by atomic mass is 16.5. The molecule has 0 bridgehead atoms. The molecule has 0 aromatic heterocycles. The fraction of sp³-hybridized carbons (Fsp3) is 0.233. The second-order valence-corrected chi connectivity index (χ2v) is 9.51. The molecule has 2 amide bonds. The highest BCUT2D eigenvalue weighted by Crippen LogP contribution is 2.53. The molecule has 0 radical (unpaired) electrons. The van der Waals surface area contributed by atoms with Gasteiger partial charge in [-0.05, 0) is 41.0 Å². The lowest BCUT2D eigenvalue weighted by molar-refractivity contribution is -0.142. The van der Waals surface area contributed by atoms with Crippen LogP contribution in [0.5, 0.6) is 11.5 Å². The molecule has 4 atom stereocenters. The van der Waals surface area contributed by atoms with Gasteiger partial charge in [-0.25, -0.2) is 0 Å². The van der Waals surface area contributed by atoms with E-state index in [2.05, 4.69) is 0 Å². The van der Waals surface area contributed by atoms with Crippen LogP contribution in [0.15, 0.2) is 79.0 Å². The molecule has 0 unspecified atom stereocenters. The average molecular weight is 495 g/mol. The molecule has 37 heavy (non-hydrogen) atoms. The predicted octanol–water partition coefficient (Wildman–Crippen LogP) is 4.10. The van der Waals surface area contributed by atoms with Crippen molar-refractivity contribution in [3.05, 3.63) is 101 Å². The minimum absolute atomic E-state index is 0.180. The SMILES string of the molecule is COc1ccc(OC)c(C(=O)[C@@H]2[C@@H]3C(=O)N(Cc4ccccc4)C(=O)[C@H]3[C@@H]3c4ccccc4C=CN23)c1. The Labute approximate surface area is 214 Å². The van der Waals surface area contributed by atoms with E-state index in [0.29, 0.717) is 17.1 Å². The van der Waals surface area contributed by atoms with E-state index in [9.17, 15) is 14.4 Å². The molecule has 0 aliphatic carbocycles. The Hall–Kier alpha value is -4.39. The molecule has 2 fully saturated rings. The third-order valence-corrected chi connectivity index (χ3v) is 7.68. The first-order chi connectivity index (χ1) is 18.0. The molecule has 2 saturated heterocycles. The highest BCUT2D eigenvalue weighted by Gasteiger charge is 2.64. The van der Waals surface area contributed by atoms with Crippen molar-refractivity contribution in [2.45, 2.75) is 18.6 Å². The van der Waals surface area contributed by atoms with Gasteiger partial charge in [0.2, 0.25) is 11.8 Å². The molecule has 3 aromatic rings. The van der Waals surface area contributed by atoms with Gasteiger partial charge in [-0.2, -0.15) is 0 Å². The highest BCUT2D eigenvalue weighted by molar-refractivity contribution is 6.12. The zero-order chi connectivity index (χ0) is 25.7. The maximum absolute atomic E-state index is 14.2. The van der Waals surface area contributed by atoms with Crippen LogP contribution in [0.3, 0.4) is 0 Å². The Bertz CT molecular complexity index is 1430. The summed E-state index contributed by atoms with van der Waals surface area (Å²) < 4.78 is 10.9. The van der Waals surface area contributed by atoms with Gasteiger partial charge in [0.05, 0.1) is 44.2 Å². The number of carbonyl (C=O) groups excluding carboxylic acids is 3. The molecule has 7 heteroatoms. The summed E-state index contributed by atoms with van der Waals surface area (Å²) in [5, 5.41) is 0. The minimum atomic E-state index is -0.863. The van der Waals surface area contributed by atoms with Crippen LogP contribution in [0.25, 0.3) is 6.08 Å². The van der Waals surface area contributed by atoms with Gasteiger partial charge < -0.3 is 14.4 Å². The Balaban J connectivity index is 1.47. The fourth-order valence-corrected chi connectivity index (χ4v) is 6.01. The molecule has 0 N–H and O–H groups in total. The summed E-state index contributed by atoms with van der Waals surface area (Å²) in [6.45, 7) is 0.180. The van der Waals surface area contributed by atoms with Crippen molar-refractivity contribution in [1.29, 1.82) is 0 Å². The largest absolute Gasteiger partial charge is 0.497 e. The number of likely N-dealkylation sites (tertiary alicyclic amines) is 1. The zero-order valence-corrected chi connectivity index (χ0v) is 20.5. The quantitative estimate of drug-likeness (QED) is 0.380. The van der Waals surface area contributed by atoms with Crippen LogP contribution in [0.2, 0.25) is 0 Å². The second-order valence-electron chi connectivity index (χ2n) is 9.51. The third-order valence-electron chi connectivity index (χ3n) is 7.68. The van der Waals surface area contributed by atoms with E-state index in [-0.39, 0.29) is 24.1 Å². The minimum Gasteiger partial charge on any atom is -0.497 e. The van der Waals surface area contributed by atoms with Crippen molar-refractivity contribution in [3.8, 4) is 11.5 Å². The van der Waals surface area contributed by atoms with E-state index >= 15 is 0 Å². The van der Waals surface area contributed by atoms with Crippen molar-refractivity contribution < 1.29 is 23.9 Å². The van der Waals surface area contributed by atoms with Crippen molar-refractivity contribution in [2.75, 3.05) is 14.2 Å². The summed E-state index contributed by atoms with van der Waals surface area (Å²) in [4.78, 5) is 45.3. The monoisotopic (exact) mass is 494 g/mol. The predicted molar refractivity (Wildman–Crippen MR) is 137 cm³/mol. The number of amides is 2. The first-order valence-corrected chi connectivity index (χ1v) is 12.2. The van der Waals surface area contributed by atoms with Crippen LogP contribution in [0.4, 0.5) is 0 Å². The molecule has 0 saturated carbocycles. The standard InChI is InChI=1S/C30H26N2O5/c1-36-20-12-13-23(37-2)22(16-20)28(33)27-25-24(26-21-11-7-6-10-19(21)14-15-31(26)27)29(34)32(30(25)35)17-18-8-4-3-5-9-18/h3-16,24-27H,17H2,1-2H3/t24-,25-,26+,27+/m1/s1. The Kier molecular flexibility index (Phi) is 5.56. The molecule has 3 aliphatic heterocycles. The van der Waals surface area contributed by atoms with Gasteiger partial charge in [0.25, 0.3) is 0 Å². The molecule has 6 rings (SSSR count). The van der Waals surface area contributed by atoms with E-state index in [0.717, 1.165) is 16.7 Å². The van der Waals surface area contributed by atoms with Crippen LogP contribution >= 0.6 is 0 Å². The Morgan fingerprint density at radius 1 is 0.865 bits per heavy atom. The van der Waals surface area contributed by atoms with E-state index in [4.69, 9.17) is 9.47 Å². The summed E-state index contributed by atoms with van der Waals surface area (Å²) in [5.41, 5.74) is 3.11. The van der Waals surface area contributed by atoms with Gasteiger partial charge in [-0.1, -0.05) is 54.6 Å². The molecular weight excluding hydrogens is 468 g/mol. The number of Topliss-reactive ketones (excluding diaryl/α,β-unsaturated/α-hetero) is 1. The molecule has 3 aromatic carbocycles. The van der Waals surface area contributed by atoms with Crippen LogP contribution in [-0.4, -0.2) is 47.7 Å². The van der Waals surface area contributed by atoms with Gasteiger partial charge in [0.15, 0.2) is 5.78 Å². The maximum Gasteiger partial charge on any atom is 0.236 e. The molecular formula is C30H26N2O5. The fourth-order valence-electron chi connectivity index (χ4n) is 6.01. The molecule has 186 valence electrons. The first kappa shape index (κ1) is 23.0. The van der Waals surface area contributed by atoms with Crippen molar-refractivity contribution >= 4 is 23.7 Å². The molecule has 7 nitrogen and oxygen atoms in total. The number of ketones is 1. The number of methoxy groups -OCH3 is 2. The number of imide groups is 1. The van der Waals surface area contributed by atoms with E-state index < -0.39 is 23.9 Å². The van der Waals surface area contributed by atoms with Crippen molar-refractivity contribution in [3.63, 3.8) is 0 Å². The normalized spacial score (nSPS) is 23.5. The van der Waals surface area contributed by atoms with Crippen molar-refractivity contribution in [1.82, 2.24) is 9.80 Å². The Morgan fingerprint density at radius 2 is 1.59 bits per heavy atom. The summed E-state index contributed by atoms with van der Waals surface area (Å²) in [6.07, 6.45) is 3.79. The van der Waals surface area contributed by atoms with Gasteiger partial charge >= 0.3 is 0 Å². The first-order valence-electron chi connectivity index (χ1n) is 12.2. The second kappa shape index (κ2) is 8.92. The third kappa shape index (κ3) is 3.53. The van der Waals surface area contributed by atoms with Gasteiger partial charge in [-0.15, -0.1) is 0 Å². The van der Waals surface area contributed by atoms with Gasteiger partial charge in [0, 0.05) is 6.20 Å². The van der Waals surface area contributed by atoms with Crippen LogP contribution < -0.4 is 9.47 Å². The number of rotatable bonds is 6. The number of fused-ring (bicyclic) bond motifs is 5. The number of carbonyl (C=O) groups is 3. The Morgan fingerprint density at radius 3 is 2.35 bits per heavy atom. The summed E-state index contributed by atoms with van der Waals surface area (Å²) in [7, 11) is 3.03. The maximum atomic E-state index is 14.2. The smallest absolute Gasteiger partial charge is 0.236 e. The van der Waals surface area contributed by atoms with Crippen LogP contribution in [0, 0.1) is 11.8 Å². The van der Waals surface area contributed by atoms with Crippen LogP contribution in [-0.2, 0) is 16.1 Å². The number of benzene rings is 3. The number of ether oxygens (including phenoxy) is 2. The lowest BCUT2D eigenvalue weighted by Crippen LogP contribution is -2.44. The van der Waals surface area contributed by atoms with Crippen molar-refractivity contribution in [2.24, 2.45) is 11.8 Å². The molecule has 3 aliphatic rings. The number of hydrogen-bond donors (Lipinski definition) is 0. The van der Waals surface area contributed by atoms with Crippen LogP contribution in [0.1, 0.15) is 33.1 Å². The lowest BCUT2D eigenvalue weighted by Gasteiger charge is -2.35. The summed E-state index contributed by atoms with van der Waals surface area (Å²) in [5.74, 6) is -1.43. The van der Waals surface area contributed by atoms with Gasteiger partial charge in [-0.3, -0.25) is 19.3 Å².